The first kappa shape index (κ1) is 21.5. The Morgan fingerprint density at radius 3 is 2.48 bits per heavy atom. The molecule has 1 aromatic carbocycles. The van der Waals surface area contributed by atoms with Crippen LogP contribution in [0.2, 0.25) is 0 Å². The summed E-state index contributed by atoms with van der Waals surface area (Å²) in [6.45, 7) is 9.10. The molecule has 0 fully saturated rings. The zero-order valence-corrected chi connectivity index (χ0v) is 18.0. The minimum absolute atomic E-state index is 0. The first-order valence-corrected chi connectivity index (χ1v) is 8.56. The van der Waals surface area contributed by atoms with Crippen LogP contribution in [0, 0.1) is 0 Å². The topological polar surface area (TPSA) is 54.2 Å². The van der Waals surface area contributed by atoms with Gasteiger partial charge in [0.1, 0.15) is 0 Å². The minimum atomic E-state index is 0. The Kier molecular flexibility index (Phi) is 8.96. The van der Waals surface area contributed by atoms with Crippen LogP contribution < -0.4 is 10.6 Å². The summed E-state index contributed by atoms with van der Waals surface area (Å²) in [6.07, 6.45) is 4.83. The highest BCUT2D eigenvalue weighted by molar-refractivity contribution is 14.0. The quantitative estimate of drug-likeness (QED) is 0.383. The van der Waals surface area contributed by atoms with Crippen LogP contribution in [0.3, 0.4) is 0 Å². The van der Waals surface area contributed by atoms with E-state index in [1.54, 1.807) is 13.2 Å². The van der Waals surface area contributed by atoms with Crippen molar-refractivity contribution in [2.24, 2.45) is 4.99 Å². The first-order valence-electron chi connectivity index (χ1n) is 8.56. The third kappa shape index (κ3) is 6.68. The standard InChI is InChI=1S/C19H29N5.HI/c1-5-16-7-9-17(10-8-16)19(2,3)15-22-18(20-4)21-12-14-24-13-6-11-23-24;/h6-11,13H,5,12,14-15H2,1-4H3,(H2,20,21,22);1H. The Balaban J connectivity index is 0.00000312. The fourth-order valence-corrected chi connectivity index (χ4v) is 2.54. The molecule has 0 saturated carbocycles. The molecule has 0 aliphatic rings. The Bertz CT molecular complexity index is 632. The molecule has 0 radical (unpaired) electrons. The molecule has 0 bridgehead atoms. The van der Waals surface area contributed by atoms with E-state index < -0.39 is 0 Å². The van der Waals surface area contributed by atoms with E-state index in [4.69, 9.17) is 0 Å². The summed E-state index contributed by atoms with van der Waals surface area (Å²) < 4.78 is 1.90. The molecule has 0 saturated heterocycles. The van der Waals surface area contributed by atoms with Crippen LogP contribution in [-0.4, -0.2) is 35.9 Å². The number of aromatic nitrogens is 2. The lowest BCUT2D eigenvalue weighted by Crippen LogP contribution is -2.44. The predicted molar refractivity (Wildman–Crippen MR) is 116 cm³/mol. The smallest absolute Gasteiger partial charge is 0.191 e. The molecule has 2 rings (SSSR count). The Morgan fingerprint density at radius 2 is 1.92 bits per heavy atom. The van der Waals surface area contributed by atoms with Crippen LogP contribution in [-0.2, 0) is 18.4 Å². The highest BCUT2D eigenvalue weighted by atomic mass is 127. The molecule has 0 amide bonds. The van der Waals surface area contributed by atoms with Gasteiger partial charge < -0.3 is 10.6 Å². The summed E-state index contributed by atoms with van der Waals surface area (Å²) in [5.74, 6) is 0.820. The second-order valence-corrected chi connectivity index (χ2v) is 6.56. The molecule has 6 heteroatoms. The van der Waals surface area contributed by atoms with Crippen LogP contribution in [0.25, 0.3) is 0 Å². The zero-order valence-electron chi connectivity index (χ0n) is 15.6. The van der Waals surface area contributed by atoms with Crippen molar-refractivity contribution in [1.29, 1.82) is 0 Å². The van der Waals surface area contributed by atoms with Crippen LogP contribution in [0.4, 0.5) is 0 Å². The van der Waals surface area contributed by atoms with Crippen molar-refractivity contribution in [1.82, 2.24) is 20.4 Å². The van der Waals surface area contributed by atoms with Gasteiger partial charge in [0.05, 0.1) is 6.54 Å². The summed E-state index contributed by atoms with van der Waals surface area (Å²) >= 11 is 0. The summed E-state index contributed by atoms with van der Waals surface area (Å²) in [7, 11) is 1.80. The Hall–Kier alpha value is -1.57. The normalized spacial score (nSPS) is 11.8. The Morgan fingerprint density at radius 1 is 1.20 bits per heavy atom. The number of hydrogen-bond acceptors (Lipinski definition) is 2. The number of nitrogens with one attached hydrogen (secondary N) is 2. The third-order valence-corrected chi connectivity index (χ3v) is 4.26. The molecular formula is C19H30IN5. The van der Waals surface area contributed by atoms with Crippen molar-refractivity contribution < 1.29 is 0 Å². The van der Waals surface area contributed by atoms with Gasteiger partial charge in [-0.2, -0.15) is 5.10 Å². The molecule has 5 nitrogen and oxygen atoms in total. The van der Waals surface area contributed by atoms with Gasteiger partial charge >= 0.3 is 0 Å². The zero-order chi connectivity index (χ0) is 17.4. The maximum Gasteiger partial charge on any atom is 0.191 e. The number of rotatable bonds is 7. The first-order chi connectivity index (χ1) is 11.5. The van der Waals surface area contributed by atoms with Gasteiger partial charge in [-0.05, 0) is 23.6 Å². The van der Waals surface area contributed by atoms with Gasteiger partial charge in [-0.25, -0.2) is 0 Å². The van der Waals surface area contributed by atoms with Crippen molar-refractivity contribution in [2.45, 2.75) is 39.2 Å². The molecule has 0 spiro atoms. The SMILES string of the molecule is CCc1ccc(C(C)(C)CNC(=NC)NCCn2cccn2)cc1.I. The van der Waals surface area contributed by atoms with Crippen molar-refractivity contribution in [2.75, 3.05) is 20.1 Å². The fraction of sp³-hybridized carbons (Fsp3) is 0.474. The van der Waals surface area contributed by atoms with Gasteiger partial charge in [0, 0.05) is 37.9 Å². The van der Waals surface area contributed by atoms with E-state index in [1.807, 2.05) is 16.9 Å². The number of aryl methyl sites for hydroxylation is 1. The number of aliphatic imine (C=N–C) groups is 1. The number of hydrogen-bond donors (Lipinski definition) is 2. The van der Waals surface area contributed by atoms with Crippen LogP contribution in [0.1, 0.15) is 31.9 Å². The maximum atomic E-state index is 4.30. The molecule has 2 aromatic rings. The van der Waals surface area contributed by atoms with Gasteiger partial charge in [-0.3, -0.25) is 9.67 Å². The molecule has 2 N–H and O–H groups in total. The number of benzene rings is 1. The predicted octanol–water partition coefficient (Wildman–Crippen LogP) is 3.21. The molecule has 0 aliphatic carbocycles. The van der Waals surface area contributed by atoms with Crippen molar-refractivity contribution in [3.05, 3.63) is 53.9 Å². The van der Waals surface area contributed by atoms with E-state index in [0.717, 1.165) is 32.0 Å². The minimum Gasteiger partial charge on any atom is -0.356 e. The highest BCUT2D eigenvalue weighted by Crippen LogP contribution is 2.22. The van der Waals surface area contributed by atoms with Gasteiger partial charge in [0.25, 0.3) is 0 Å². The lowest BCUT2D eigenvalue weighted by atomic mass is 9.84. The van der Waals surface area contributed by atoms with Crippen LogP contribution in [0.5, 0.6) is 0 Å². The third-order valence-electron chi connectivity index (χ3n) is 4.26. The van der Waals surface area contributed by atoms with Crippen molar-refractivity contribution >= 4 is 29.9 Å². The summed E-state index contributed by atoms with van der Waals surface area (Å²) in [5.41, 5.74) is 2.74. The Labute approximate surface area is 168 Å². The van der Waals surface area contributed by atoms with Gasteiger partial charge in [0.15, 0.2) is 5.96 Å². The largest absolute Gasteiger partial charge is 0.356 e. The number of nitrogens with zero attached hydrogens (tertiary/aromatic N) is 3. The van der Waals surface area contributed by atoms with E-state index in [1.165, 1.54) is 11.1 Å². The van der Waals surface area contributed by atoms with E-state index in [-0.39, 0.29) is 29.4 Å². The lowest BCUT2D eigenvalue weighted by Gasteiger charge is -2.27. The van der Waals surface area contributed by atoms with Gasteiger partial charge in [-0.1, -0.05) is 45.0 Å². The van der Waals surface area contributed by atoms with Gasteiger partial charge in [-0.15, -0.1) is 24.0 Å². The monoisotopic (exact) mass is 455 g/mol. The number of guanidine groups is 1. The van der Waals surface area contributed by atoms with Crippen LogP contribution >= 0.6 is 24.0 Å². The summed E-state index contributed by atoms with van der Waals surface area (Å²) in [6, 6.07) is 10.8. The van der Waals surface area contributed by atoms with E-state index >= 15 is 0 Å². The number of halogens is 1. The highest BCUT2D eigenvalue weighted by Gasteiger charge is 2.20. The van der Waals surface area contributed by atoms with E-state index in [0.29, 0.717) is 0 Å². The second-order valence-electron chi connectivity index (χ2n) is 6.56. The maximum absolute atomic E-state index is 4.30. The molecule has 0 atom stereocenters. The molecule has 1 aromatic heterocycles. The molecule has 0 unspecified atom stereocenters. The molecule has 0 aliphatic heterocycles. The summed E-state index contributed by atoms with van der Waals surface area (Å²) in [4.78, 5) is 4.30. The average molecular weight is 455 g/mol. The lowest BCUT2D eigenvalue weighted by molar-refractivity contribution is 0.506. The van der Waals surface area contributed by atoms with E-state index in [2.05, 4.69) is 65.8 Å². The molecular weight excluding hydrogens is 425 g/mol. The molecule has 138 valence electrons. The van der Waals surface area contributed by atoms with Crippen molar-refractivity contribution in [3.8, 4) is 0 Å². The second kappa shape index (κ2) is 10.4. The van der Waals surface area contributed by atoms with Crippen LogP contribution in [0.15, 0.2) is 47.7 Å². The average Bonchev–Trinajstić information content (AvgIpc) is 3.11. The molecule has 25 heavy (non-hydrogen) atoms. The van der Waals surface area contributed by atoms with Crippen molar-refractivity contribution in [3.63, 3.8) is 0 Å². The van der Waals surface area contributed by atoms with E-state index in [9.17, 15) is 0 Å². The van der Waals surface area contributed by atoms with Gasteiger partial charge in [0.2, 0.25) is 0 Å². The fourth-order valence-electron chi connectivity index (χ4n) is 2.54. The summed E-state index contributed by atoms with van der Waals surface area (Å²) in [5, 5.41) is 10.9. The molecule has 1 heterocycles.